The largest absolute Gasteiger partial charge is 0.356 e. The maximum absolute atomic E-state index is 11.9. The molecule has 9 heteroatoms. The van der Waals surface area contributed by atoms with E-state index in [1.165, 1.54) is 0 Å². The Morgan fingerprint density at radius 3 is 2.65 bits per heavy atom. The molecule has 26 heavy (non-hydrogen) atoms. The highest BCUT2D eigenvalue weighted by Gasteiger charge is 2.25. The number of rotatable bonds is 6. The van der Waals surface area contributed by atoms with Gasteiger partial charge in [-0.3, -0.25) is 9.79 Å². The van der Waals surface area contributed by atoms with Gasteiger partial charge in [-0.2, -0.15) is 0 Å². The number of nitrogens with one attached hydrogen (secondary N) is 4. The number of guanidine groups is 1. The molecule has 8 nitrogen and oxygen atoms in total. The van der Waals surface area contributed by atoms with Crippen LogP contribution in [0.3, 0.4) is 0 Å². The van der Waals surface area contributed by atoms with Crippen molar-refractivity contribution in [1.82, 2.24) is 15.4 Å². The van der Waals surface area contributed by atoms with Crippen LogP contribution in [0.25, 0.3) is 0 Å². The van der Waals surface area contributed by atoms with Gasteiger partial charge in [0.05, 0.1) is 6.26 Å². The van der Waals surface area contributed by atoms with Crippen molar-refractivity contribution in [2.45, 2.75) is 31.7 Å². The predicted molar refractivity (Wildman–Crippen MR) is 104 cm³/mol. The summed E-state index contributed by atoms with van der Waals surface area (Å²) in [6.07, 6.45) is 1.54. The molecule has 1 unspecified atom stereocenters. The highest BCUT2D eigenvalue weighted by molar-refractivity contribution is 7.88. The van der Waals surface area contributed by atoms with Crippen molar-refractivity contribution in [3.8, 4) is 0 Å². The number of anilines is 1. The van der Waals surface area contributed by atoms with E-state index in [0.29, 0.717) is 25.5 Å². The first kappa shape index (κ1) is 20.2. The summed E-state index contributed by atoms with van der Waals surface area (Å²) < 4.78 is 25.4. The lowest BCUT2D eigenvalue weighted by molar-refractivity contribution is -0.116. The molecule has 144 valence electrons. The third kappa shape index (κ3) is 5.99. The quantitative estimate of drug-likeness (QED) is 0.426. The molecule has 1 atom stereocenters. The van der Waals surface area contributed by atoms with Gasteiger partial charge in [0, 0.05) is 43.7 Å². The predicted octanol–water partition coefficient (Wildman–Crippen LogP) is 0.605. The minimum atomic E-state index is -3.30. The Hall–Kier alpha value is -2.13. The van der Waals surface area contributed by atoms with Gasteiger partial charge in [0.2, 0.25) is 15.9 Å². The number of amides is 1. The summed E-state index contributed by atoms with van der Waals surface area (Å²) in [6.45, 7) is 4.48. The van der Waals surface area contributed by atoms with Crippen molar-refractivity contribution in [1.29, 1.82) is 0 Å². The van der Waals surface area contributed by atoms with Crippen LogP contribution in [0.5, 0.6) is 0 Å². The summed E-state index contributed by atoms with van der Waals surface area (Å²) in [6, 6.07) is 7.75. The lowest BCUT2D eigenvalue weighted by Gasteiger charge is -2.28. The first-order valence-electron chi connectivity index (χ1n) is 8.42. The smallest absolute Gasteiger partial charge is 0.225 e. The van der Waals surface area contributed by atoms with Gasteiger partial charge in [-0.25, -0.2) is 13.1 Å². The molecule has 1 aliphatic rings. The Bertz CT molecular complexity index is 789. The lowest BCUT2D eigenvalue weighted by atomic mass is 9.90. The van der Waals surface area contributed by atoms with Crippen LogP contribution in [-0.4, -0.2) is 52.2 Å². The lowest BCUT2D eigenvalue weighted by Crippen LogP contribution is -2.53. The number of aliphatic imine (C=N–C) groups is 1. The van der Waals surface area contributed by atoms with Crippen molar-refractivity contribution in [3.63, 3.8) is 0 Å². The molecule has 0 radical (unpaired) electrons. The fourth-order valence-corrected chi connectivity index (χ4v) is 4.04. The molecule has 1 aromatic rings. The molecule has 0 aliphatic carbocycles. The molecule has 1 aliphatic heterocycles. The van der Waals surface area contributed by atoms with E-state index in [1.54, 1.807) is 20.9 Å². The molecular formula is C17H27N5O3S. The van der Waals surface area contributed by atoms with Gasteiger partial charge in [-0.1, -0.05) is 18.2 Å². The zero-order valence-corrected chi connectivity index (χ0v) is 16.4. The van der Waals surface area contributed by atoms with E-state index in [-0.39, 0.29) is 11.8 Å². The number of hydrogen-bond acceptors (Lipinski definition) is 4. The van der Waals surface area contributed by atoms with E-state index in [2.05, 4.69) is 25.7 Å². The van der Waals surface area contributed by atoms with Crippen LogP contribution in [0, 0.1) is 0 Å². The SMILES string of the molecule is CN=C(NCC1CC(=O)Nc2ccccc21)NCC(C)(C)NS(C)(=O)=O. The third-order valence-electron chi connectivity index (χ3n) is 4.01. The molecule has 0 bridgehead atoms. The Morgan fingerprint density at radius 2 is 2.00 bits per heavy atom. The van der Waals surface area contributed by atoms with Crippen LogP contribution in [0.15, 0.2) is 29.3 Å². The Morgan fingerprint density at radius 1 is 1.31 bits per heavy atom. The van der Waals surface area contributed by atoms with E-state index in [9.17, 15) is 13.2 Å². The number of para-hydroxylation sites is 1. The Balaban J connectivity index is 1.94. The summed E-state index contributed by atoms with van der Waals surface area (Å²) in [4.78, 5) is 16.1. The summed E-state index contributed by atoms with van der Waals surface area (Å²) in [5.41, 5.74) is 1.27. The van der Waals surface area contributed by atoms with Crippen LogP contribution in [0.4, 0.5) is 5.69 Å². The third-order valence-corrected chi connectivity index (χ3v) is 4.93. The van der Waals surface area contributed by atoms with Crippen molar-refractivity contribution < 1.29 is 13.2 Å². The summed E-state index contributed by atoms with van der Waals surface area (Å²) in [5, 5.41) is 9.22. The van der Waals surface area contributed by atoms with Crippen LogP contribution in [-0.2, 0) is 14.8 Å². The molecule has 1 aromatic carbocycles. The fraction of sp³-hybridized carbons (Fsp3) is 0.529. The second-order valence-corrected chi connectivity index (χ2v) is 8.85. The van der Waals surface area contributed by atoms with E-state index in [0.717, 1.165) is 17.5 Å². The number of sulfonamides is 1. The van der Waals surface area contributed by atoms with Gasteiger partial charge >= 0.3 is 0 Å². The van der Waals surface area contributed by atoms with Crippen molar-refractivity contribution in [2.24, 2.45) is 4.99 Å². The molecule has 0 saturated heterocycles. The number of hydrogen-bond donors (Lipinski definition) is 4. The summed E-state index contributed by atoms with van der Waals surface area (Å²) in [5.74, 6) is 0.592. The van der Waals surface area contributed by atoms with Gasteiger partial charge in [0.1, 0.15) is 0 Å². The average molecular weight is 382 g/mol. The Labute approximate surface area is 154 Å². The molecule has 2 rings (SSSR count). The molecule has 1 heterocycles. The molecule has 4 N–H and O–H groups in total. The molecule has 0 aromatic heterocycles. The topological polar surface area (TPSA) is 112 Å². The molecule has 0 spiro atoms. The van der Waals surface area contributed by atoms with E-state index in [4.69, 9.17) is 0 Å². The van der Waals surface area contributed by atoms with Crippen LogP contribution < -0.4 is 20.7 Å². The maximum atomic E-state index is 11.9. The Kier molecular flexibility index (Phi) is 6.25. The van der Waals surface area contributed by atoms with E-state index >= 15 is 0 Å². The molecule has 0 fully saturated rings. The second-order valence-electron chi connectivity index (χ2n) is 7.10. The molecule has 1 amide bonds. The fourth-order valence-electron chi connectivity index (χ4n) is 2.97. The number of fused-ring (bicyclic) bond motifs is 1. The van der Waals surface area contributed by atoms with E-state index < -0.39 is 15.6 Å². The number of carbonyl (C=O) groups is 1. The van der Waals surface area contributed by atoms with Crippen molar-refractivity contribution in [3.05, 3.63) is 29.8 Å². The van der Waals surface area contributed by atoms with E-state index in [1.807, 2.05) is 24.3 Å². The number of nitrogens with zero attached hydrogens (tertiary/aromatic N) is 1. The highest BCUT2D eigenvalue weighted by atomic mass is 32.2. The normalized spacial score (nSPS) is 18.1. The van der Waals surface area contributed by atoms with Gasteiger partial charge in [-0.05, 0) is 25.5 Å². The maximum Gasteiger partial charge on any atom is 0.225 e. The van der Waals surface area contributed by atoms with Gasteiger partial charge in [0.25, 0.3) is 0 Å². The monoisotopic (exact) mass is 381 g/mol. The van der Waals surface area contributed by atoms with Gasteiger partial charge in [0.15, 0.2) is 5.96 Å². The first-order chi connectivity index (χ1) is 12.1. The minimum absolute atomic E-state index is 0.00284. The van der Waals surface area contributed by atoms with Crippen LogP contribution >= 0.6 is 0 Å². The second kappa shape index (κ2) is 8.05. The van der Waals surface area contributed by atoms with Crippen molar-refractivity contribution in [2.75, 3.05) is 31.7 Å². The summed E-state index contributed by atoms with van der Waals surface area (Å²) >= 11 is 0. The van der Waals surface area contributed by atoms with Crippen LogP contribution in [0.2, 0.25) is 0 Å². The zero-order chi connectivity index (χ0) is 19.4. The standard InChI is InChI=1S/C17H27N5O3S/c1-17(2,22-26(4,24)25)11-20-16(18-3)19-10-12-9-15(23)21-14-8-6-5-7-13(12)14/h5-8,12,22H,9-11H2,1-4H3,(H,21,23)(H2,18,19,20). The number of benzene rings is 1. The molecular weight excluding hydrogens is 354 g/mol. The van der Waals surface area contributed by atoms with Crippen molar-refractivity contribution >= 4 is 27.6 Å². The minimum Gasteiger partial charge on any atom is -0.356 e. The number of carbonyl (C=O) groups excluding carboxylic acids is 1. The van der Waals surface area contributed by atoms with Gasteiger partial charge in [-0.15, -0.1) is 0 Å². The zero-order valence-electron chi connectivity index (χ0n) is 15.6. The molecule has 0 saturated carbocycles. The summed E-state index contributed by atoms with van der Waals surface area (Å²) in [7, 11) is -1.65. The average Bonchev–Trinajstić information content (AvgIpc) is 2.52. The van der Waals surface area contributed by atoms with Crippen LogP contribution in [0.1, 0.15) is 31.7 Å². The first-order valence-corrected chi connectivity index (χ1v) is 10.3. The van der Waals surface area contributed by atoms with Gasteiger partial charge < -0.3 is 16.0 Å². The highest BCUT2D eigenvalue weighted by Crippen LogP contribution is 2.31.